The first-order chi connectivity index (χ1) is 17.3. The fourth-order valence-electron chi connectivity index (χ4n) is 4.96. The molecule has 2 N–H and O–H groups in total. The SMILES string of the molecule is Cc1cc(C(C)Nc2ccc(Cl)nc2-c2ncn(C)n2)c2c(c1)c(=O)n(C)c1c2cnn1C1CNC1. The summed E-state index contributed by atoms with van der Waals surface area (Å²) in [5.41, 5.74) is 4.15. The van der Waals surface area contributed by atoms with Gasteiger partial charge in [0.1, 0.15) is 22.8 Å². The standard InChI is InChI=1S/C25H26ClN9O/c1-13-7-16(14(2)30-19-5-6-20(26)31-22(19)23-28-12-33(3)32-23)21-17(8-13)25(36)34(4)24-18(21)11-29-35(24)15-9-27-10-15/h5-8,11-12,14-15,27,30H,9-10H2,1-4H3. The molecule has 1 fully saturated rings. The van der Waals surface area contributed by atoms with E-state index in [9.17, 15) is 4.79 Å². The Balaban J connectivity index is 1.52. The van der Waals surface area contributed by atoms with Gasteiger partial charge in [-0.1, -0.05) is 17.7 Å². The van der Waals surface area contributed by atoms with E-state index in [2.05, 4.69) is 38.7 Å². The number of benzene rings is 1. The molecule has 5 aromatic rings. The summed E-state index contributed by atoms with van der Waals surface area (Å²) < 4.78 is 5.32. The zero-order valence-corrected chi connectivity index (χ0v) is 21.2. The predicted octanol–water partition coefficient (Wildman–Crippen LogP) is 3.36. The number of hydrogen-bond donors (Lipinski definition) is 2. The van der Waals surface area contributed by atoms with E-state index in [4.69, 9.17) is 16.7 Å². The van der Waals surface area contributed by atoms with Crippen LogP contribution in [0.5, 0.6) is 0 Å². The van der Waals surface area contributed by atoms with Crippen LogP contribution in [0.3, 0.4) is 0 Å². The van der Waals surface area contributed by atoms with Crippen LogP contribution in [0.1, 0.15) is 30.1 Å². The maximum Gasteiger partial charge on any atom is 0.259 e. The number of hydrogen-bond acceptors (Lipinski definition) is 7. The van der Waals surface area contributed by atoms with Gasteiger partial charge < -0.3 is 10.6 Å². The number of pyridine rings is 2. The van der Waals surface area contributed by atoms with Gasteiger partial charge in [-0.2, -0.15) is 5.10 Å². The van der Waals surface area contributed by atoms with Crippen LogP contribution in [0, 0.1) is 6.92 Å². The van der Waals surface area contributed by atoms with Gasteiger partial charge in [0.2, 0.25) is 5.82 Å². The van der Waals surface area contributed by atoms with Crippen LogP contribution in [0.15, 0.2) is 41.6 Å². The van der Waals surface area contributed by atoms with Gasteiger partial charge in [0, 0.05) is 49.4 Å². The summed E-state index contributed by atoms with van der Waals surface area (Å²) in [5.74, 6) is 0.482. The summed E-state index contributed by atoms with van der Waals surface area (Å²) in [6.45, 7) is 5.77. The van der Waals surface area contributed by atoms with Crippen molar-refractivity contribution in [3.63, 3.8) is 0 Å². The van der Waals surface area contributed by atoms with Crippen molar-refractivity contribution in [2.24, 2.45) is 14.1 Å². The highest BCUT2D eigenvalue weighted by Gasteiger charge is 2.26. The van der Waals surface area contributed by atoms with Crippen LogP contribution in [0.4, 0.5) is 5.69 Å². The summed E-state index contributed by atoms with van der Waals surface area (Å²) in [4.78, 5) is 22.4. The van der Waals surface area contributed by atoms with Crippen molar-refractivity contribution in [3.05, 3.63) is 63.4 Å². The van der Waals surface area contributed by atoms with Crippen molar-refractivity contribution in [2.45, 2.75) is 25.9 Å². The lowest BCUT2D eigenvalue weighted by Gasteiger charge is -2.28. The second-order valence-electron chi connectivity index (χ2n) is 9.42. The molecule has 0 spiro atoms. The molecule has 184 valence electrons. The lowest BCUT2D eigenvalue weighted by molar-refractivity contribution is 0.323. The summed E-state index contributed by atoms with van der Waals surface area (Å²) in [5, 5.41) is 18.9. The first-order valence-electron chi connectivity index (χ1n) is 11.8. The number of rotatable bonds is 5. The molecule has 6 rings (SSSR count). The third kappa shape index (κ3) is 3.56. The van der Waals surface area contributed by atoms with E-state index in [1.807, 2.05) is 37.0 Å². The minimum absolute atomic E-state index is 0.0322. The molecule has 1 saturated heterocycles. The molecule has 0 amide bonds. The van der Waals surface area contributed by atoms with Crippen molar-refractivity contribution < 1.29 is 0 Å². The van der Waals surface area contributed by atoms with E-state index in [1.165, 1.54) is 0 Å². The van der Waals surface area contributed by atoms with E-state index in [0.29, 0.717) is 22.1 Å². The minimum Gasteiger partial charge on any atom is -0.377 e. The zero-order valence-electron chi connectivity index (χ0n) is 20.4. The average Bonchev–Trinajstić information content (AvgIpc) is 3.43. The Kier molecular flexibility index (Phi) is 5.31. The Morgan fingerprint density at radius 1 is 1.19 bits per heavy atom. The van der Waals surface area contributed by atoms with E-state index < -0.39 is 0 Å². The van der Waals surface area contributed by atoms with Gasteiger partial charge in [-0.25, -0.2) is 14.6 Å². The van der Waals surface area contributed by atoms with Gasteiger partial charge in [-0.15, -0.1) is 5.10 Å². The van der Waals surface area contributed by atoms with Gasteiger partial charge in [0.05, 0.1) is 17.9 Å². The van der Waals surface area contributed by atoms with Crippen LogP contribution in [-0.4, -0.2) is 47.2 Å². The number of aromatic nitrogens is 7. The van der Waals surface area contributed by atoms with E-state index >= 15 is 0 Å². The summed E-state index contributed by atoms with van der Waals surface area (Å²) in [7, 11) is 3.63. The average molecular weight is 504 g/mol. The fourth-order valence-corrected chi connectivity index (χ4v) is 5.11. The Labute approximate surface area is 211 Å². The third-order valence-electron chi connectivity index (χ3n) is 6.82. The van der Waals surface area contributed by atoms with E-state index in [-0.39, 0.29) is 17.6 Å². The first kappa shape index (κ1) is 22.7. The molecule has 5 heterocycles. The number of fused-ring (bicyclic) bond motifs is 3. The Morgan fingerprint density at radius 2 is 2.00 bits per heavy atom. The van der Waals surface area contributed by atoms with Crippen molar-refractivity contribution >= 4 is 39.1 Å². The van der Waals surface area contributed by atoms with Crippen LogP contribution in [0.2, 0.25) is 5.15 Å². The Hall–Kier alpha value is -3.76. The third-order valence-corrected chi connectivity index (χ3v) is 7.03. The monoisotopic (exact) mass is 503 g/mol. The van der Waals surface area contributed by atoms with Gasteiger partial charge in [0.15, 0.2) is 0 Å². The second kappa shape index (κ2) is 8.42. The molecular weight excluding hydrogens is 478 g/mol. The molecule has 4 aromatic heterocycles. The zero-order chi connectivity index (χ0) is 25.1. The lowest BCUT2D eigenvalue weighted by atomic mass is 9.95. The van der Waals surface area contributed by atoms with Gasteiger partial charge in [0.25, 0.3) is 5.56 Å². The van der Waals surface area contributed by atoms with E-state index in [1.54, 1.807) is 28.7 Å². The molecule has 0 saturated carbocycles. The summed E-state index contributed by atoms with van der Waals surface area (Å²) >= 11 is 6.22. The molecule has 36 heavy (non-hydrogen) atoms. The highest BCUT2D eigenvalue weighted by Crippen LogP contribution is 2.35. The van der Waals surface area contributed by atoms with Crippen molar-refractivity contribution in [1.82, 2.24) is 39.4 Å². The molecule has 10 nitrogen and oxygen atoms in total. The smallest absolute Gasteiger partial charge is 0.259 e. The normalized spacial score (nSPS) is 14.9. The maximum atomic E-state index is 13.5. The highest BCUT2D eigenvalue weighted by atomic mass is 35.5. The molecule has 0 radical (unpaired) electrons. The predicted molar refractivity (Wildman–Crippen MR) is 140 cm³/mol. The molecule has 1 unspecified atom stereocenters. The number of aryl methyl sites for hydroxylation is 3. The minimum atomic E-state index is -0.165. The topological polar surface area (TPSA) is 107 Å². The molecule has 11 heteroatoms. The van der Waals surface area contributed by atoms with Crippen molar-refractivity contribution in [2.75, 3.05) is 18.4 Å². The number of halogens is 1. The maximum absolute atomic E-state index is 13.5. The Bertz CT molecular complexity index is 1700. The van der Waals surface area contributed by atoms with Gasteiger partial charge >= 0.3 is 0 Å². The summed E-state index contributed by atoms with van der Waals surface area (Å²) in [6, 6.07) is 7.78. The Morgan fingerprint density at radius 3 is 2.69 bits per heavy atom. The fraction of sp³-hybridized carbons (Fsp3) is 0.320. The number of nitrogens with zero attached hydrogens (tertiary/aromatic N) is 7. The highest BCUT2D eigenvalue weighted by molar-refractivity contribution is 6.29. The lowest BCUT2D eigenvalue weighted by Crippen LogP contribution is -2.44. The molecule has 1 aromatic carbocycles. The number of nitrogens with one attached hydrogen (secondary N) is 2. The summed E-state index contributed by atoms with van der Waals surface area (Å²) in [6.07, 6.45) is 3.51. The largest absolute Gasteiger partial charge is 0.377 e. The number of anilines is 1. The van der Waals surface area contributed by atoms with Gasteiger partial charge in [-0.05, 0) is 43.2 Å². The molecule has 1 atom stereocenters. The molecule has 1 aliphatic heterocycles. The van der Waals surface area contributed by atoms with Gasteiger partial charge in [-0.3, -0.25) is 14.0 Å². The van der Waals surface area contributed by atoms with E-state index in [0.717, 1.165) is 46.3 Å². The first-order valence-corrected chi connectivity index (χ1v) is 12.2. The molecule has 0 bridgehead atoms. The second-order valence-corrected chi connectivity index (χ2v) is 9.80. The van der Waals surface area contributed by atoms with Crippen molar-refractivity contribution in [1.29, 1.82) is 0 Å². The van der Waals surface area contributed by atoms with Crippen LogP contribution in [-0.2, 0) is 14.1 Å². The van der Waals surface area contributed by atoms with Crippen LogP contribution < -0.4 is 16.2 Å². The van der Waals surface area contributed by atoms with Crippen LogP contribution in [0.25, 0.3) is 33.3 Å². The quantitative estimate of drug-likeness (QED) is 0.354. The van der Waals surface area contributed by atoms with Crippen molar-refractivity contribution in [3.8, 4) is 11.5 Å². The van der Waals surface area contributed by atoms with Crippen LogP contribution >= 0.6 is 11.6 Å². The molecule has 0 aliphatic carbocycles. The molecular formula is C25H26ClN9O. The molecule has 1 aliphatic rings.